The largest absolute Gasteiger partial charge is 0.398 e. The number of hydrogen-bond acceptors (Lipinski definition) is 3. The van der Waals surface area contributed by atoms with Gasteiger partial charge in [0.2, 0.25) is 0 Å². The molecule has 4 nitrogen and oxygen atoms in total. The highest BCUT2D eigenvalue weighted by Crippen LogP contribution is 2.14. The average Bonchev–Trinajstić information content (AvgIpc) is 2.54. The van der Waals surface area contributed by atoms with Crippen LogP contribution in [-0.2, 0) is 11.3 Å². The molecule has 2 aromatic carbocycles. The summed E-state index contributed by atoms with van der Waals surface area (Å²) in [5.41, 5.74) is 9.20. The van der Waals surface area contributed by atoms with Gasteiger partial charge < -0.3 is 15.4 Å². The minimum absolute atomic E-state index is 0.0463. The first-order chi connectivity index (χ1) is 10.6. The monoisotopic (exact) mass is 298 g/mol. The third-order valence-corrected chi connectivity index (χ3v) is 3.56. The molecule has 0 aliphatic rings. The van der Waals surface area contributed by atoms with E-state index in [4.69, 9.17) is 10.5 Å². The van der Waals surface area contributed by atoms with Gasteiger partial charge in [0.05, 0.1) is 13.2 Å². The van der Waals surface area contributed by atoms with Gasteiger partial charge in [0.15, 0.2) is 0 Å². The molecule has 0 aliphatic heterocycles. The summed E-state index contributed by atoms with van der Waals surface area (Å²) in [4.78, 5) is 13.9. The zero-order valence-corrected chi connectivity index (χ0v) is 13.1. The molecule has 2 aromatic rings. The lowest BCUT2D eigenvalue weighted by molar-refractivity contribution is 0.0670. The van der Waals surface area contributed by atoms with Gasteiger partial charge in [0.1, 0.15) is 0 Å². The van der Waals surface area contributed by atoms with Gasteiger partial charge in [-0.3, -0.25) is 4.79 Å². The normalized spacial score (nSPS) is 10.5. The van der Waals surface area contributed by atoms with E-state index in [0.29, 0.717) is 31.0 Å². The first kappa shape index (κ1) is 16.0. The van der Waals surface area contributed by atoms with Gasteiger partial charge in [0.25, 0.3) is 5.91 Å². The van der Waals surface area contributed by atoms with Gasteiger partial charge in [-0.25, -0.2) is 0 Å². The Hall–Kier alpha value is -2.33. The lowest BCUT2D eigenvalue weighted by Crippen LogP contribution is -2.30. The number of rotatable bonds is 6. The number of nitrogens with two attached hydrogens (primary N) is 1. The van der Waals surface area contributed by atoms with Crippen molar-refractivity contribution >= 4 is 11.6 Å². The standard InChI is InChI=1S/C18H22N2O2/c1-14-8-9-16(12-17(14)19)18(21)20(2)10-11-22-13-15-6-4-3-5-7-15/h3-9,12H,10-11,13,19H2,1-2H3. The first-order valence-corrected chi connectivity index (χ1v) is 7.31. The molecule has 116 valence electrons. The Bertz CT molecular complexity index is 626. The Morgan fingerprint density at radius 3 is 2.59 bits per heavy atom. The van der Waals surface area contributed by atoms with Crippen molar-refractivity contribution in [3.8, 4) is 0 Å². The summed E-state index contributed by atoms with van der Waals surface area (Å²) >= 11 is 0. The Labute approximate surface area is 131 Å². The van der Waals surface area contributed by atoms with E-state index in [0.717, 1.165) is 11.1 Å². The second kappa shape index (κ2) is 7.61. The highest BCUT2D eigenvalue weighted by Gasteiger charge is 2.12. The molecule has 1 amide bonds. The minimum Gasteiger partial charge on any atom is -0.398 e. The number of carbonyl (C=O) groups excluding carboxylic acids is 1. The predicted octanol–water partition coefficient (Wildman–Crippen LogP) is 2.87. The molecule has 0 unspecified atom stereocenters. The molecule has 2 N–H and O–H groups in total. The number of nitrogens with zero attached hydrogens (tertiary/aromatic N) is 1. The van der Waals surface area contributed by atoms with E-state index in [1.807, 2.05) is 43.3 Å². The minimum atomic E-state index is -0.0463. The molecule has 0 spiro atoms. The third kappa shape index (κ3) is 4.33. The summed E-state index contributed by atoms with van der Waals surface area (Å²) in [6, 6.07) is 15.4. The molecule has 0 fully saturated rings. The van der Waals surface area contributed by atoms with Crippen molar-refractivity contribution in [1.82, 2.24) is 4.90 Å². The Balaban J connectivity index is 1.80. The summed E-state index contributed by atoms with van der Waals surface area (Å²) in [7, 11) is 1.77. The maximum absolute atomic E-state index is 12.3. The van der Waals surface area contributed by atoms with Crippen LogP contribution in [0.25, 0.3) is 0 Å². The topological polar surface area (TPSA) is 55.6 Å². The SMILES string of the molecule is Cc1ccc(C(=O)N(C)CCOCc2ccccc2)cc1N. The van der Waals surface area contributed by atoms with E-state index in [2.05, 4.69) is 0 Å². The summed E-state index contributed by atoms with van der Waals surface area (Å²) in [6.07, 6.45) is 0. The average molecular weight is 298 g/mol. The van der Waals surface area contributed by atoms with E-state index in [9.17, 15) is 4.79 Å². The molecule has 0 radical (unpaired) electrons. The first-order valence-electron chi connectivity index (χ1n) is 7.31. The van der Waals surface area contributed by atoms with Crippen molar-refractivity contribution in [3.63, 3.8) is 0 Å². The third-order valence-electron chi connectivity index (χ3n) is 3.56. The fourth-order valence-electron chi connectivity index (χ4n) is 2.06. The van der Waals surface area contributed by atoms with Gasteiger partial charge >= 0.3 is 0 Å². The van der Waals surface area contributed by atoms with Crippen molar-refractivity contribution in [2.45, 2.75) is 13.5 Å². The van der Waals surface area contributed by atoms with Gasteiger partial charge in [-0.2, -0.15) is 0 Å². The van der Waals surface area contributed by atoms with Crippen molar-refractivity contribution in [2.24, 2.45) is 0 Å². The molecule has 0 saturated heterocycles. The molecule has 0 aromatic heterocycles. The number of likely N-dealkylation sites (N-methyl/N-ethyl adjacent to an activating group) is 1. The number of amides is 1. The van der Waals surface area contributed by atoms with Crippen LogP contribution in [0.4, 0.5) is 5.69 Å². The Kier molecular flexibility index (Phi) is 5.55. The van der Waals surface area contributed by atoms with E-state index >= 15 is 0 Å². The van der Waals surface area contributed by atoms with Gasteiger partial charge in [-0.1, -0.05) is 36.4 Å². The van der Waals surface area contributed by atoms with Crippen LogP contribution in [-0.4, -0.2) is 31.0 Å². The molecule has 22 heavy (non-hydrogen) atoms. The molecule has 0 bridgehead atoms. The van der Waals surface area contributed by atoms with Gasteiger partial charge in [-0.05, 0) is 30.2 Å². The molecule has 2 rings (SSSR count). The lowest BCUT2D eigenvalue weighted by Gasteiger charge is -2.17. The molecular weight excluding hydrogens is 276 g/mol. The van der Waals surface area contributed by atoms with Crippen LogP contribution in [0.3, 0.4) is 0 Å². The van der Waals surface area contributed by atoms with E-state index < -0.39 is 0 Å². The number of ether oxygens (including phenoxy) is 1. The van der Waals surface area contributed by atoms with E-state index in [1.165, 1.54) is 0 Å². The number of carbonyl (C=O) groups is 1. The number of benzene rings is 2. The zero-order valence-electron chi connectivity index (χ0n) is 13.1. The number of nitrogen functional groups attached to an aromatic ring is 1. The molecule has 4 heteroatoms. The maximum Gasteiger partial charge on any atom is 0.253 e. The number of aryl methyl sites for hydroxylation is 1. The van der Waals surface area contributed by atoms with Crippen molar-refractivity contribution in [3.05, 3.63) is 65.2 Å². The molecule has 0 heterocycles. The van der Waals surface area contributed by atoms with Gasteiger partial charge in [0, 0.05) is 24.8 Å². The zero-order chi connectivity index (χ0) is 15.9. The summed E-state index contributed by atoms with van der Waals surface area (Å²) in [5, 5.41) is 0. The lowest BCUT2D eigenvalue weighted by atomic mass is 10.1. The second-order valence-corrected chi connectivity index (χ2v) is 5.34. The van der Waals surface area contributed by atoms with Crippen LogP contribution >= 0.6 is 0 Å². The number of hydrogen-bond donors (Lipinski definition) is 1. The summed E-state index contributed by atoms with van der Waals surface area (Å²) in [6.45, 7) is 3.52. The molecule has 0 atom stereocenters. The van der Waals surface area contributed by atoms with Crippen LogP contribution in [0.15, 0.2) is 48.5 Å². The Morgan fingerprint density at radius 2 is 1.91 bits per heavy atom. The van der Waals surface area contributed by atoms with E-state index in [1.54, 1.807) is 24.1 Å². The fraction of sp³-hybridized carbons (Fsp3) is 0.278. The van der Waals surface area contributed by atoms with Crippen LogP contribution in [0.1, 0.15) is 21.5 Å². The molecular formula is C18H22N2O2. The smallest absolute Gasteiger partial charge is 0.253 e. The predicted molar refractivity (Wildman–Crippen MR) is 88.6 cm³/mol. The van der Waals surface area contributed by atoms with Gasteiger partial charge in [-0.15, -0.1) is 0 Å². The second-order valence-electron chi connectivity index (χ2n) is 5.34. The van der Waals surface area contributed by atoms with Crippen LogP contribution in [0.2, 0.25) is 0 Å². The maximum atomic E-state index is 12.3. The molecule has 0 aliphatic carbocycles. The van der Waals surface area contributed by atoms with Crippen LogP contribution < -0.4 is 5.73 Å². The van der Waals surface area contributed by atoms with Crippen LogP contribution in [0, 0.1) is 6.92 Å². The van der Waals surface area contributed by atoms with Crippen LogP contribution in [0.5, 0.6) is 0 Å². The highest BCUT2D eigenvalue weighted by atomic mass is 16.5. The van der Waals surface area contributed by atoms with E-state index in [-0.39, 0.29) is 5.91 Å². The summed E-state index contributed by atoms with van der Waals surface area (Å²) in [5.74, 6) is -0.0463. The highest BCUT2D eigenvalue weighted by molar-refractivity contribution is 5.95. The fourth-order valence-corrected chi connectivity index (χ4v) is 2.06. The van der Waals surface area contributed by atoms with Crippen molar-refractivity contribution in [1.29, 1.82) is 0 Å². The molecule has 0 saturated carbocycles. The summed E-state index contributed by atoms with van der Waals surface area (Å²) < 4.78 is 5.60. The van der Waals surface area contributed by atoms with Crippen molar-refractivity contribution < 1.29 is 9.53 Å². The number of anilines is 1. The quantitative estimate of drug-likeness (QED) is 0.659. The van der Waals surface area contributed by atoms with Crippen molar-refractivity contribution in [2.75, 3.05) is 25.9 Å². The Morgan fingerprint density at radius 1 is 1.18 bits per heavy atom.